The second kappa shape index (κ2) is 8.68. The van der Waals surface area contributed by atoms with E-state index >= 15 is 0 Å². The Morgan fingerprint density at radius 2 is 2.00 bits per heavy atom. The molecule has 1 aromatic carbocycles. The lowest BCUT2D eigenvalue weighted by molar-refractivity contribution is -0.138. The molecule has 2 aliphatic heterocycles. The Balaban J connectivity index is 1.51. The van der Waals surface area contributed by atoms with Crippen LogP contribution in [0, 0.1) is 0 Å². The number of carbonyl (C=O) groups excluding carboxylic acids is 1. The van der Waals surface area contributed by atoms with E-state index in [0.29, 0.717) is 18.7 Å². The first kappa shape index (κ1) is 18.2. The SMILES string of the molecule is CCN1CCCC1C1CCCN1C(=O)COCc1cccc(OC)c1. The molecule has 25 heavy (non-hydrogen) atoms. The molecule has 2 unspecified atom stereocenters. The molecule has 0 aliphatic carbocycles. The summed E-state index contributed by atoms with van der Waals surface area (Å²) in [6.07, 6.45) is 4.71. The van der Waals surface area contributed by atoms with E-state index in [1.54, 1.807) is 7.11 Å². The third-order valence-corrected chi connectivity index (χ3v) is 5.51. The molecule has 0 spiro atoms. The number of nitrogens with zero attached hydrogens (tertiary/aromatic N) is 2. The van der Waals surface area contributed by atoms with Gasteiger partial charge in [0.1, 0.15) is 12.4 Å². The van der Waals surface area contributed by atoms with Crippen LogP contribution in [-0.4, -0.2) is 61.1 Å². The largest absolute Gasteiger partial charge is 0.497 e. The highest BCUT2D eigenvalue weighted by atomic mass is 16.5. The van der Waals surface area contributed by atoms with E-state index < -0.39 is 0 Å². The van der Waals surface area contributed by atoms with Crippen molar-refractivity contribution in [1.82, 2.24) is 9.80 Å². The van der Waals surface area contributed by atoms with Crippen LogP contribution in [0.3, 0.4) is 0 Å². The van der Waals surface area contributed by atoms with Crippen molar-refractivity contribution in [2.24, 2.45) is 0 Å². The minimum absolute atomic E-state index is 0.133. The van der Waals surface area contributed by atoms with Crippen LogP contribution in [0.5, 0.6) is 5.75 Å². The summed E-state index contributed by atoms with van der Waals surface area (Å²) >= 11 is 0. The average Bonchev–Trinajstić information content (AvgIpc) is 3.30. The van der Waals surface area contributed by atoms with Crippen LogP contribution in [0.2, 0.25) is 0 Å². The van der Waals surface area contributed by atoms with Crippen LogP contribution in [0.25, 0.3) is 0 Å². The van der Waals surface area contributed by atoms with Crippen molar-refractivity contribution in [3.8, 4) is 5.75 Å². The van der Waals surface area contributed by atoms with Gasteiger partial charge in [0, 0.05) is 18.6 Å². The molecule has 0 aromatic heterocycles. The zero-order chi connectivity index (χ0) is 17.6. The van der Waals surface area contributed by atoms with Crippen molar-refractivity contribution in [2.45, 2.75) is 51.3 Å². The van der Waals surface area contributed by atoms with Gasteiger partial charge in [-0.05, 0) is 56.5 Å². The monoisotopic (exact) mass is 346 g/mol. The molecule has 5 heteroatoms. The molecule has 138 valence electrons. The van der Waals surface area contributed by atoms with Crippen molar-refractivity contribution < 1.29 is 14.3 Å². The first-order valence-corrected chi connectivity index (χ1v) is 9.47. The van der Waals surface area contributed by atoms with Crippen LogP contribution >= 0.6 is 0 Å². The van der Waals surface area contributed by atoms with Gasteiger partial charge in [-0.25, -0.2) is 0 Å². The summed E-state index contributed by atoms with van der Waals surface area (Å²) in [4.78, 5) is 17.3. The molecule has 2 aliphatic rings. The number of likely N-dealkylation sites (tertiary alicyclic amines) is 2. The fourth-order valence-electron chi connectivity index (χ4n) is 4.28. The predicted molar refractivity (Wildman–Crippen MR) is 97.7 cm³/mol. The molecule has 0 bridgehead atoms. The molecule has 0 N–H and O–H groups in total. The number of rotatable bonds is 7. The minimum Gasteiger partial charge on any atom is -0.497 e. The maximum Gasteiger partial charge on any atom is 0.248 e. The van der Waals surface area contributed by atoms with E-state index in [2.05, 4.69) is 16.7 Å². The number of carbonyl (C=O) groups is 1. The molecular weight excluding hydrogens is 316 g/mol. The summed E-state index contributed by atoms with van der Waals surface area (Å²) in [5.41, 5.74) is 1.03. The minimum atomic E-state index is 0.133. The Morgan fingerprint density at radius 1 is 1.20 bits per heavy atom. The Kier molecular flexibility index (Phi) is 6.32. The van der Waals surface area contributed by atoms with Crippen LogP contribution in [0.15, 0.2) is 24.3 Å². The number of hydrogen-bond donors (Lipinski definition) is 0. The van der Waals surface area contributed by atoms with E-state index in [4.69, 9.17) is 9.47 Å². The van der Waals surface area contributed by atoms with Gasteiger partial charge in [-0.1, -0.05) is 19.1 Å². The lowest BCUT2D eigenvalue weighted by Crippen LogP contribution is -2.49. The maximum atomic E-state index is 12.7. The van der Waals surface area contributed by atoms with Gasteiger partial charge < -0.3 is 14.4 Å². The summed E-state index contributed by atoms with van der Waals surface area (Å²) in [6.45, 7) is 5.94. The van der Waals surface area contributed by atoms with E-state index in [-0.39, 0.29) is 12.5 Å². The summed E-state index contributed by atoms with van der Waals surface area (Å²) in [5, 5.41) is 0. The zero-order valence-corrected chi connectivity index (χ0v) is 15.4. The number of likely N-dealkylation sites (N-methyl/N-ethyl adjacent to an activating group) is 1. The van der Waals surface area contributed by atoms with Crippen molar-refractivity contribution >= 4 is 5.91 Å². The highest BCUT2D eigenvalue weighted by Gasteiger charge is 2.38. The van der Waals surface area contributed by atoms with Gasteiger partial charge in [0.15, 0.2) is 0 Å². The topological polar surface area (TPSA) is 42.0 Å². The fourth-order valence-corrected chi connectivity index (χ4v) is 4.28. The van der Waals surface area contributed by atoms with Crippen molar-refractivity contribution in [1.29, 1.82) is 0 Å². The molecular formula is C20H30N2O3. The van der Waals surface area contributed by atoms with Gasteiger partial charge in [0.2, 0.25) is 5.91 Å². The van der Waals surface area contributed by atoms with Crippen LogP contribution in [0.4, 0.5) is 0 Å². The van der Waals surface area contributed by atoms with E-state index in [1.807, 2.05) is 24.3 Å². The Bertz CT molecular complexity index is 578. The second-order valence-corrected chi connectivity index (χ2v) is 6.98. The Hall–Kier alpha value is -1.59. The standard InChI is InChI=1S/C20H30N2O3/c1-3-21-11-5-9-18(21)19-10-6-12-22(19)20(23)15-25-14-16-7-4-8-17(13-16)24-2/h4,7-8,13,18-19H,3,5-6,9-12,14-15H2,1-2H3. The summed E-state index contributed by atoms with van der Waals surface area (Å²) in [7, 11) is 1.65. The molecule has 2 atom stereocenters. The number of benzene rings is 1. The molecule has 2 fully saturated rings. The van der Waals surface area contributed by atoms with E-state index in [9.17, 15) is 4.79 Å². The number of hydrogen-bond acceptors (Lipinski definition) is 4. The van der Waals surface area contributed by atoms with Gasteiger partial charge in [0.05, 0.1) is 13.7 Å². The molecule has 2 saturated heterocycles. The molecule has 2 heterocycles. The summed E-state index contributed by atoms with van der Waals surface area (Å²) in [5.74, 6) is 0.946. The third-order valence-electron chi connectivity index (χ3n) is 5.51. The van der Waals surface area contributed by atoms with Crippen molar-refractivity contribution in [3.63, 3.8) is 0 Å². The first-order chi connectivity index (χ1) is 12.2. The fraction of sp³-hybridized carbons (Fsp3) is 0.650. The molecule has 1 amide bonds. The zero-order valence-electron chi connectivity index (χ0n) is 15.4. The summed E-state index contributed by atoms with van der Waals surface area (Å²) < 4.78 is 10.9. The highest BCUT2D eigenvalue weighted by Crippen LogP contribution is 2.29. The lowest BCUT2D eigenvalue weighted by atomic mass is 10.0. The third kappa shape index (κ3) is 4.33. The molecule has 5 nitrogen and oxygen atoms in total. The first-order valence-electron chi connectivity index (χ1n) is 9.47. The van der Waals surface area contributed by atoms with Gasteiger partial charge in [-0.15, -0.1) is 0 Å². The van der Waals surface area contributed by atoms with Gasteiger partial charge in [0.25, 0.3) is 0 Å². The highest BCUT2D eigenvalue weighted by molar-refractivity contribution is 5.78. The number of ether oxygens (including phenoxy) is 2. The number of amides is 1. The van der Waals surface area contributed by atoms with Crippen molar-refractivity contribution in [2.75, 3.05) is 33.4 Å². The van der Waals surface area contributed by atoms with E-state index in [1.165, 1.54) is 19.4 Å². The average molecular weight is 346 g/mol. The molecule has 0 saturated carbocycles. The van der Waals surface area contributed by atoms with Crippen LogP contribution < -0.4 is 4.74 Å². The second-order valence-electron chi connectivity index (χ2n) is 6.98. The molecule has 3 rings (SSSR count). The molecule has 0 radical (unpaired) electrons. The van der Waals surface area contributed by atoms with Gasteiger partial charge >= 0.3 is 0 Å². The van der Waals surface area contributed by atoms with Crippen molar-refractivity contribution in [3.05, 3.63) is 29.8 Å². The quantitative estimate of drug-likeness (QED) is 0.761. The Morgan fingerprint density at radius 3 is 2.80 bits per heavy atom. The predicted octanol–water partition coefficient (Wildman–Crippen LogP) is 2.69. The lowest BCUT2D eigenvalue weighted by Gasteiger charge is -2.34. The van der Waals surface area contributed by atoms with Gasteiger partial charge in [-0.2, -0.15) is 0 Å². The summed E-state index contributed by atoms with van der Waals surface area (Å²) in [6, 6.07) is 8.69. The normalized spacial score (nSPS) is 24.0. The number of methoxy groups -OCH3 is 1. The smallest absolute Gasteiger partial charge is 0.248 e. The molecule has 1 aromatic rings. The van der Waals surface area contributed by atoms with Crippen LogP contribution in [0.1, 0.15) is 38.2 Å². The van der Waals surface area contributed by atoms with Crippen LogP contribution in [-0.2, 0) is 16.1 Å². The Labute approximate surface area is 150 Å². The van der Waals surface area contributed by atoms with Gasteiger partial charge in [-0.3, -0.25) is 9.69 Å². The van der Waals surface area contributed by atoms with E-state index in [0.717, 1.165) is 37.2 Å². The maximum absolute atomic E-state index is 12.7.